The first-order chi connectivity index (χ1) is 14.3. The lowest BCUT2D eigenvalue weighted by molar-refractivity contribution is -0.0494. The minimum absolute atomic E-state index is 0.0282. The van der Waals surface area contributed by atoms with Crippen molar-refractivity contribution in [2.45, 2.75) is 27.4 Å². The molecule has 154 valence electrons. The first kappa shape index (κ1) is 20.3. The van der Waals surface area contributed by atoms with E-state index < -0.39 is 6.61 Å². The lowest BCUT2D eigenvalue weighted by Gasteiger charge is -2.08. The number of carbonyl (C=O) groups is 1. The van der Waals surface area contributed by atoms with Crippen molar-refractivity contribution in [2.75, 3.05) is 5.32 Å². The molecular weight excluding hydrogens is 430 g/mol. The Morgan fingerprint density at radius 3 is 2.67 bits per heavy atom. The maximum absolute atomic E-state index is 12.9. The number of para-hydroxylation sites is 1. The van der Waals surface area contributed by atoms with Crippen molar-refractivity contribution in [1.82, 2.24) is 15.0 Å². The van der Waals surface area contributed by atoms with Gasteiger partial charge in [-0.1, -0.05) is 12.1 Å². The van der Waals surface area contributed by atoms with Gasteiger partial charge in [-0.25, -0.2) is 15.0 Å². The van der Waals surface area contributed by atoms with Gasteiger partial charge in [-0.15, -0.1) is 22.7 Å². The number of ether oxygens (including phenoxy) is 1. The number of fused-ring (bicyclic) bond motifs is 1. The lowest BCUT2D eigenvalue weighted by Crippen LogP contribution is -2.11. The number of aromatic nitrogens is 3. The van der Waals surface area contributed by atoms with Crippen LogP contribution in [0.4, 0.5) is 13.9 Å². The first-order valence-electron chi connectivity index (χ1n) is 8.89. The molecule has 0 aliphatic rings. The smallest absolute Gasteiger partial charge is 0.387 e. The molecule has 10 heteroatoms. The van der Waals surface area contributed by atoms with Gasteiger partial charge in [0, 0.05) is 22.0 Å². The van der Waals surface area contributed by atoms with Crippen LogP contribution in [0.25, 0.3) is 21.5 Å². The minimum atomic E-state index is -2.94. The maximum Gasteiger partial charge on any atom is 0.387 e. The van der Waals surface area contributed by atoms with E-state index in [0.29, 0.717) is 27.1 Å². The molecule has 0 fully saturated rings. The van der Waals surface area contributed by atoms with Gasteiger partial charge in [0.05, 0.1) is 10.6 Å². The average molecular weight is 447 g/mol. The van der Waals surface area contributed by atoms with Crippen molar-refractivity contribution in [3.8, 4) is 17.0 Å². The molecule has 6 nitrogen and oxygen atoms in total. The highest BCUT2D eigenvalue weighted by Gasteiger charge is 2.20. The largest absolute Gasteiger partial charge is 0.434 e. The van der Waals surface area contributed by atoms with Crippen LogP contribution in [0.15, 0.2) is 29.6 Å². The number of thiophene rings is 1. The summed E-state index contributed by atoms with van der Waals surface area (Å²) < 4.78 is 29.9. The summed E-state index contributed by atoms with van der Waals surface area (Å²) in [7, 11) is 0. The number of carbonyl (C=O) groups excluding carboxylic acids is 1. The van der Waals surface area contributed by atoms with E-state index in [4.69, 9.17) is 0 Å². The van der Waals surface area contributed by atoms with Crippen LogP contribution in [0, 0.1) is 20.8 Å². The van der Waals surface area contributed by atoms with Gasteiger partial charge in [0.2, 0.25) is 0 Å². The minimum Gasteiger partial charge on any atom is -0.434 e. The second kappa shape index (κ2) is 8.04. The van der Waals surface area contributed by atoms with E-state index in [1.165, 1.54) is 28.7 Å². The first-order valence-corrected chi connectivity index (χ1v) is 10.6. The molecule has 0 saturated carbocycles. The number of hydrogen-bond acceptors (Lipinski definition) is 7. The lowest BCUT2D eigenvalue weighted by atomic mass is 10.1. The summed E-state index contributed by atoms with van der Waals surface area (Å²) in [4.78, 5) is 27.3. The predicted molar refractivity (Wildman–Crippen MR) is 114 cm³/mol. The standard InChI is InChI=1S/C20H16F2N4O2S2/c1-9-15-10(2)23-11(3)24-18(15)30-16(9)17(27)26-20-25-13(8-29-20)12-6-4-5-7-14(12)28-19(21)22/h4-8,19H,1-3H3,(H,25,26,27). The molecule has 0 unspecified atom stereocenters. The van der Waals surface area contributed by atoms with Gasteiger partial charge < -0.3 is 4.74 Å². The number of anilines is 1. The molecular formula is C20H16F2N4O2S2. The molecule has 4 rings (SSSR count). The fourth-order valence-electron chi connectivity index (χ4n) is 3.18. The third kappa shape index (κ3) is 3.88. The molecule has 0 bridgehead atoms. The predicted octanol–water partition coefficient (Wildman–Crippen LogP) is 5.59. The molecule has 0 aliphatic heterocycles. The van der Waals surface area contributed by atoms with Crippen LogP contribution >= 0.6 is 22.7 Å². The van der Waals surface area contributed by atoms with Crippen LogP contribution in [0.3, 0.4) is 0 Å². The zero-order valence-electron chi connectivity index (χ0n) is 16.2. The average Bonchev–Trinajstić information content (AvgIpc) is 3.26. The van der Waals surface area contributed by atoms with E-state index >= 15 is 0 Å². The van der Waals surface area contributed by atoms with Gasteiger partial charge in [-0.2, -0.15) is 8.78 Å². The number of halogens is 2. The van der Waals surface area contributed by atoms with Crippen LogP contribution in [0.1, 0.15) is 26.8 Å². The Bertz CT molecular complexity index is 1250. The Balaban J connectivity index is 1.61. The Labute approximate surface area is 178 Å². The number of alkyl halides is 2. The zero-order chi connectivity index (χ0) is 21.4. The van der Waals surface area contributed by atoms with Crippen LogP contribution in [0.2, 0.25) is 0 Å². The van der Waals surface area contributed by atoms with Gasteiger partial charge >= 0.3 is 6.61 Å². The maximum atomic E-state index is 12.9. The van der Waals surface area contributed by atoms with E-state index in [2.05, 4.69) is 25.0 Å². The molecule has 0 radical (unpaired) electrons. The molecule has 3 heterocycles. The number of rotatable bonds is 5. The van der Waals surface area contributed by atoms with E-state index in [1.807, 2.05) is 20.8 Å². The van der Waals surface area contributed by atoms with E-state index in [1.54, 1.807) is 23.6 Å². The molecule has 1 amide bonds. The summed E-state index contributed by atoms with van der Waals surface area (Å²) >= 11 is 2.51. The number of hydrogen-bond donors (Lipinski definition) is 1. The van der Waals surface area contributed by atoms with E-state index in [9.17, 15) is 13.6 Å². The fraction of sp³-hybridized carbons (Fsp3) is 0.200. The van der Waals surface area contributed by atoms with Crippen LogP contribution in [-0.4, -0.2) is 27.5 Å². The molecule has 0 spiro atoms. The Morgan fingerprint density at radius 1 is 1.13 bits per heavy atom. The van der Waals surface area contributed by atoms with Crippen molar-refractivity contribution in [2.24, 2.45) is 0 Å². The molecule has 4 aromatic rings. The molecule has 0 saturated heterocycles. The highest BCUT2D eigenvalue weighted by molar-refractivity contribution is 7.21. The number of nitrogens with one attached hydrogen (secondary N) is 1. The zero-order valence-corrected chi connectivity index (χ0v) is 17.8. The van der Waals surface area contributed by atoms with Gasteiger partial charge in [0.1, 0.15) is 16.4 Å². The summed E-state index contributed by atoms with van der Waals surface area (Å²) in [6, 6.07) is 6.40. The summed E-state index contributed by atoms with van der Waals surface area (Å²) in [5, 5.41) is 5.71. The Kier molecular flexibility index (Phi) is 5.44. The summed E-state index contributed by atoms with van der Waals surface area (Å²) in [6.07, 6.45) is 0. The van der Waals surface area contributed by atoms with Crippen molar-refractivity contribution < 1.29 is 18.3 Å². The molecule has 0 atom stereocenters. The van der Waals surface area contributed by atoms with Gasteiger partial charge in [0.25, 0.3) is 5.91 Å². The van der Waals surface area contributed by atoms with E-state index in [-0.39, 0.29) is 11.7 Å². The fourth-order valence-corrected chi connectivity index (χ4v) is 5.05. The summed E-state index contributed by atoms with van der Waals surface area (Å²) in [5.74, 6) is 0.383. The third-order valence-corrected chi connectivity index (χ3v) is 6.33. The van der Waals surface area contributed by atoms with Crippen molar-refractivity contribution in [1.29, 1.82) is 0 Å². The molecule has 30 heavy (non-hydrogen) atoms. The van der Waals surface area contributed by atoms with Crippen molar-refractivity contribution in [3.05, 3.63) is 51.6 Å². The number of nitrogens with zero attached hydrogens (tertiary/aromatic N) is 3. The molecule has 1 N–H and O–H groups in total. The molecule has 1 aromatic carbocycles. The van der Waals surface area contributed by atoms with Gasteiger partial charge in [0.15, 0.2) is 5.13 Å². The van der Waals surface area contributed by atoms with Gasteiger partial charge in [-0.3, -0.25) is 10.1 Å². The topological polar surface area (TPSA) is 77.0 Å². The highest BCUT2D eigenvalue weighted by Crippen LogP contribution is 2.34. The number of amides is 1. The second-order valence-electron chi connectivity index (χ2n) is 6.46. The summed E-state index contributed by atoms with van der Waals surface area (Å²) in [6.45, 7) is 2.64. The third-order valence-electron chi connectivity index (χ3n) is 4.39. The Hall–Kier alpha value is -2.98. The second-order valence-corrected chi connectivity index (χ2v) is 8.32. The molecule has 3 aromatic heterocycles. The monoisotopic (exact) mass is 446 g/mol. The summed E-state index contributed by atoms with van der Waals surface area (Å²) in [5.41, 5.74) is 2.51. The quantitative estimate of drug-likeness (QED) is 0.432. The highest BCUT2D eigenvalue weighted by atomic mass is 32.1. The van der Waals surface area contributed by atoms with Crippen LogP contribution in [0.5, 0.6) is 5.75 Å². The number of aryl methyl sites for hydroxylation is 3. The van der Waals surface area contributed by atoms with Gasteiger partial charge in [-0.05, 0) is 38.5 Å². The Morgan fingerprint density at radius 2 is 1.90 bits per heavy atom. The molecule has 0 aliphatic carbocycles. The van der Waals surface area contributed by atoms with E-state index in [0.717, 1.165) is 21.5 Å². The van der Waals surface area contributed by atoms with Crippen LogP contribution in [-0.2, 0) is 0 Å². The SMILES string of the molecule is Cc1nc(C)c2c(C)c(C(=O)Nc3nc(-c4ccccc4OC(F)F)cs3)sc2n1. The van der Waals surface area contributed by atoms with Crippen LogP contribution < -0.4 is 10.1 Å². The number of thiazole rings is 1. The van der Waals surface area contributed by atoms with Crippen molar-refractivity contribution in [3.63, 3.8) is 0 Å². The normalized spacial score (nSPS) is 11.3. The van der Waals surface area contributed by atoms with Crippen molar-refractivity contribution >= 4 is 43.9 Å². The number of benzene rings is 1.